The van der Waals surface area contributed by atoms with Crippen molar-refractivity contribution in [1.29, 1.82) is 0 Å². The Balaban J connectivity index is 2.17. The van der Waals surface area contributed by atoms with Crippen molar-refractivity contribution >= 4 is 46.7 Å². The number of hydrogen-bond acceptors (Lipinski definition) is 8. The number of anilines is 4. The van der Waals surface area contributed by atoms with E-state index < -0.39 is 11.6 Å². The predicted octanol–water partition coefficient (Wildman–Crippen LogP) is 4.40. The number of nitrogens with one attached hydrogen (secondary N) is 3. The molecule has 168 valence electrons. The Morgan fingerprint density at radius 1 is 1.03 bits per heavy atom. The predicted molar refractivity (Wildman–Crippen MR) is 122 cm³/mol. The number of nitrogens with zero attached hydrogens (tertiary/aromatic N) is 3. The van der Waals surface area contributed by atoms with E-state index in [1.807, 2.05) is 34.6 Å². The van der Waals surface area contributed by atoms with Gasteiger partial charge in [0.05, 0.1) is 0 Å². The Morgan fingerprint density at radius 3 is 2.16 bits per heavy atom. The highest BCUT2D eigenvalue weighted by molar-refractivity contribution is 6.28. The summed E-state index contributed by atoms with van der Waals surface area (Å²) in [5.74, 6) is 0.0700. The number of esters is 1. The van der Waals surface area contributed by atoms with E-state index in [4.69, 9.17) is 16.3 Å². The maximum absolute atomic E-state index is 12.6. The van der Waals surface area contributed by atoms with Crippen LogP contribution in [0.1, 0.15) is 48.0 Å². The molecule has 1 aromatic carbocycles. The minimum Gasteiger partial charge on any atom is -0.458 e. The number of hydrogen-bond donors (Lipinski definition) is 3. The van der Waals surface area contributed by atoms with Crippen LogP contribution in [0.15, 0.2) is 24.3 Å². The van der Waals surface area contributed by atoms with Crippen LogP contribution in [-0.2, 0) is 14.3 Å². The summed E-state index contributed by atoms with van der Waals surface area (Å²) < 4.78 is 5.52. The van der Waals surface area contributed by atoms with Crippen molar-refractivity contribution in [2.45, 2.75) is 59.6 Å². The van der Waals surface area contributed by atoms with Crippen LogP contribution >= 0.6 is 11.6 Å². The molecule has 0 saturated carbocycles. The molecule has 31 heavy (non-hydrogen) atoms. The number of amides is 1. The second kappa shape index (κ2) is 10.4. The fraction of sp³-hybridized carbons (Fsp3) is 0.476. The molecule has 1 amide bonds. The average molecular weight is 449 g/mol. The van der Waals surface area contributed by atoms with Crippen LogP contribution in [0.5, 0.6) is 0 Å². The van der Waals surface area contributed by atoms with E-state index in [9.17, 15) is 9.59 Å². The molecule has 0 radical (unpaired) electrons. The lowest BCUT2D eigenvalue weighted by atomic mass is 10.0. The van der Waals surface area contributed by atoms with Crippen LogP contribution < -0.4 is 16.0 Å². The number of ether oxygens (including phenoxy) is 1. The van der Waals surface area contributed by atoms with Crippen molar-refractivity contribution in [1.82, 2.24) is 15.0 Å². The molecular weight excluding hydrogens is 420 g/mol. The lowest BCUT2D eigenvalue weighted by molar-refractivity contribution is -0.156. The molecule has 0 aliphatic rings. The molecule has 2 aromatic rings. The lowest BCUT2D eigenvalue weighted by Gasteiger charge is -2.25. The monoisotopic (exact) mass is 448 g/mol. The molecule has 1 aromatic heterocycles. The van der Waals surface area contributed by atoms with E-state index in [2.05, 4.69) is 30.9 Å². The van der Waals surface area contributed by atoms with Crippen LogP contribution in [0.4, 0.5) is 23.3 Å². The van der Waals surface area contributed by atoms with Gasteiger partial charge in [-0.3, -0.25) is 4.79 Å². The highest BCUT2D eigenvalue weighted by atomic mass is 35.5. The summed E-state index contributed by atoms with van der Waals surface area (Å²) in [5.41, 5.74) is 0.747. The summed E-state index contributed by atoms with van der Waals surface area (Å²) in [6.45, 7) is 10.9. The van der Waals surface area contributed by atoms with Gasteiger partial charge in [0.1, 0.15) is 11.6 Å². The van der Waals surface area contributed by atoms with Crippen LogP contribution in [-0.4, -0.2) is 38.5 Å². The summed E-state index contributed by atoms with van der Waals surface area (Å²) >= 11 is 6.07. The third kappa shape index (κ3) is 8.75. The first-order valence-corrected chi connectivity index (χ1v) is 10.3. The van der Waals surface area contributed by atoms with Gasteiger partial charge in [0.25, 0.3) is 0 Å². The van der Waals surface area contributed by atoms with Gasteiger partial charge in [-0.25, -0.2) is 4.79 Å². The van der Waals surface area contributed by atoms with E-state index in [0.717, 1.165) is 0 Å². The van der Waals surface area contributed by atoms with Crippen LogP contribution in [0.2, 0.25) is 5.28 Å². The van der Waals surface area contributed by atoms with Gasteiger partial charge in [0.2, 0.25) is 23.1 Å². The van der Waals surface area contributed by atoms with Gasteiger partial charge in [-0.05, 0) is 69.0 Å². The molecule has 10 heteroatoms. The molecule has 0 aliphatic carbocycles. The maximum atomic E-state index is 12.6. The van der Waals surface area contributed by atoms with Crippen molar-refractivity contribution in [2.75, 3.05) is 16.0 Å². The molecule has 0 bridgehead atoms. The normalized spacial score (nSPS) is 12.3. The molecule has 0 spiro atoms. The Labute approximate surface area is 187 Å². The van der Waals surface area contributed by atoms with Crippen molar-refractivity contribution in [3.8, 4) is 0 Å². The smallest absolute Gasteiger partial charge is 0.329 e. The number of rotatable bonds is 8. The van der Waals surface area contributed by atoms with E-state index in [-0.39, 0.29) is 35.0 Å². The van der Waals surface area contributed by atoms with Gasteiger partial charge in [-0.2, -0.15) is 15.0 Å². The first-order valence-electron chi connectivity index (χ1n) is 9.97. The lowest BCUT2D eigenvalue weighted by Crippen LogP contribution is -2.38. The largest absolute Gasteiger partial charge is 0.458 e. The summed E-state index contributed by atoms with van der Waals surface area (Å²) in [7, 11) is 0. The molecule has 0 saturated heterocycles. The van der Waals surface area contributed by atoms with Crippen molar-refractivity contribution in [2.24, 2.45) is 5.92 Å². The zero-order valence-electron chi connectivity index (χ0n) is 18.6. The van der Waals surface area contributed by atoms with Gasteiger partial charge in [0, 0.05) is 18.3 Å². The summed E-state index contributed by atoms with van der Waals surface area (Å²) in [4.78, 5) is 36.3. The number of aromatic nitrogens is 3. The third-order valence-electron chi connectivity index (χ3n) is 3.77. The maximum Gasteiger partial charge on any atom is 0.329 e. The van der Waals surface area contributed by atoms with Crippen LogP contribution in [0, 0.1) is 5.92 Å². The van der Waals surface area contributed by atoms with E-state index in [1.165, 1.54) is 6.92 Å². The Morgan fingerprint density at radius 2 is 1.61 bits per heavy atom. The zero-order valence-corrected chi connectivity index (χ0v) is 19.4. The van der Waals surface area contributed by atoms with Gasteiger partial charge in [-0.15, -0.1) is 0 Å². The second-order valence-corrected chi connectivity index (χ2v) is 8.83. The van der Waals surface area contributed by atoms with Crippen LogP contribution in [0.25, 0.3) is 0 Å². The van der Waals surface area contributed by atoms with Gasteiger partial charge in [-0.1, -0.05) is 13.8 Å². The Bertz CT molecular complexity index is 912. The quantitative estimate of drug-likeness (QED) is 0.508. The Kier molecular flexibility index (Phi) is 8.15. The second-order valence-electron chi connectivity index (χ2n) is 8.50. The molecule has 0 fully saturated rings. The minimum absolute atomic E-state index is 0.0256. The van der Waals surface area contributed by atoms with Gasteiger partial charge in [0.15, 0.2) is 0 Å². The SMILES string of the molecule is CC(=O)Nc1ccc(Nc2nc(Cl)nc(N[C@@H](CC(C)C)C(=O)OC(C)(C)C)n2)cc1. The molecular formula is C21H29ClN6O3. The molecule has 1 atom stereocenters. The highest BCUT2D eigenvalue weighted by Gasteiger charge is 2.27. The van der Waals surface area contributed by atoms with E-state index in [0.29, 0.717) is 17.8 Å². The molecule has 1 heterocycles. The first kappa shape index (κ1) is 24.3. The zero-order chi connectivity index (χ0) is 23.2. The van der Waals surface area contributed by atoms with Crippen molar-refractivity contribution in [3.05, 3.63) is 29.5 Å². The van der Waals surface area contributed by atoms with Gasteiger partial charge >= 0.3 is 5.97 Å². The Hall–Kier alpha value is -2.94. The summed E-state index contributed by atoms with van der Waals surface area (Å²) in [6.07, 6.45) is 0.533. The minimum atomic E-state index is -0.637. The van der Waals surface area contributed by atoms with E-state index in [1.54, 1.807) is 24.3 Å². The fourth-order valence-corrected chi connectivity index (χ4v) is 2.81. The van der Waals surface area contributed by atoms with Crippen molar-refractivity contribution in [3.63, 3.8) is 0 Å². The number of halogens is 1. The molecule has 9 nitrogen and oxygen atoms in total. The molecule has 0 aliphatic heterocycles. The third-order valence-corrected chi connectivity index (χ3v) is 3.94. The standard InChI is InChI=1S/C21H29ClN6O3/c1-12(2)11-16(17(30)31-21(4,5)6)25-20-27-18(22)26-19(28-20)24-15-9-7-14(8-10-15)23-13(3)29/h7-10,12,16H,11H2,1-6H3,(H,23,29)(H2,24,25,26,27,28)/t16-/m0/s1. The summed E-state index contributed by atoms with van der Waals surface area (Å²) in [5, 5.41) is 8.72. The van der Waals surface area contributed by atoms with E-state index >= 15 is 0 Å². The molecule has 0 unspecified atom stereocenters. The molecule has 2 rings (SSSR count). The first-order chi connectivity index (χ1) is 14.4. The molecule has 3 N–H and O–H groups in total. The fourth-order valence-electron chi connectivity index (χ4n) is 2.65. The van der Waals surface area contributed by atoms with Gasteiger partial charge < -0.3 is 20.7 Å². The highest BCUT2D eigenvalue weighted by Crippen LogP contribution is 2.20. The average Bonchev–Trinajstić information content (AvgIpc) is 2.60. The summed E-state index contributed by atoms with van der Waals surface area (Å²) in [6, 6.07) is 6.37. The number of carbonyl (C=O) groups excluding carboxylic acids is 2. The number of benzene rings is 1. The van der Waals surface area contributed by atoms with Crippen molar-refractivity contribution < 1.29 is 14.3 Å². The topological polar surface area (TPSA) is 118 Å². The van der Waals surface area contributed by atoms with Crippen LogP contribution in [0.3, 0.4) is 0 Å². The number of carbonyl (C=O) groups is 2.